The monoisotopic (exact) mass is 312 g/mol. The van der Waals surface area contributed by atoms with E-state index in [0.29, 0.717) is 5.02 Å². The summed E-state index contributed by atoms with van der Waals surface area (Å²) in [6, 6.07) is 13.7. The van der Waals surface area contributed by atoms with Crippen LogP contribution >= 0.6 is 11.6 Å². The molecule has 0 unspecified atom stereocenters. The van der Waals surface area contributed by atoms with E-state index < -0.39 is 0 Å². The molecule has 1 aliphatic rings. The molecule has 0 atom stereocenters. The van der Waals surface area contributed by atoms with Crippen LogP contribution in [0.2, 0.25) is 5.02 Å². The number of rotatable bonds is 4. The van der Waals surface area contributed by atoms with Gasteiger partial charge in [0.1, 0.15) is 11.0 Å². The third-order valence-electron chi connectivity index (χ3n) is 4.26. The highest BCUT2D eigenvalue weighted by atomic mass is 35.5. The Morgan fingerprint density at radius 2 is 1.82 bits per heavy atom. The van der Waals surface area contributed by atoms with Gasteiger partial charge in [0.05, 0.1) is 5.69 Å². The van der Waals surface area contributed by atoms with Crippen molar-refractivity contribution in [2.75, 3.05) is 11.9 Å². The molecule has 0 saturated heterocycles. The fourth-order valence-electron chi connectivity index (χ4n) is 2.67. The molecule has 1 N–H and O–H groups in total. The van der Waals surface area contributed by atoms with Gasteiger partial charge in [-0.3, -0.25) is 0 Å². The van der Waals surface area contributed by atoms with Crippen LogP contribution in [0.1, 0.15) is 19.3 Å². The maximum absolute atomic E-state index is 5.92. The minimum Gasteiger partial charge on any atom is -0.385 e. The number of fused-ring (bicyclic) bond motifs is 1. The van der Waals surface area contributed by atoms with Gasteiger partial charge in [-0.15, -0.1) is 10.2 Å². The number of aromatic nitrogens is 3. The van der Waals surface area contributed by atoms with Crippen LogP contribution in [0.25, 0.3) is 16.7 Å². The topological polar surface area (TPSA) is 42.7 Å². The SMILES string of the molecule is Clc1ccc(-n2nc3ccc(NCC4CCC4)cc3n2)cc1. The molecule has 22 heavy (non-hydrogen) atoms. The Kier molecular flexibility index (Phi) is 3.47. The van der Waals surface area contributed by atoms with Gasteiger partial charge in [-0.25, -0.2) is 0 Å². The standard InChI is InChI=1S/C17H17ClN4/c18-13-4-7-15(8-5-13)22-20-16-9-6-14(10-17(16)21-22)19-11-12-2-1-3-12/h4-10,12,19H,1-3,11H2. The first-order valence-electron chi connectivity index (χ1n) is 7.65. The summed E-state index contributed by atoms with van der Waals surface area (Å²) in [4.78, 5) is 1.65. The molecule has 4 rings (SSSR count). The highest BCUT2D eigenvalue weighted by molar-refractivity contribution is 6.30. The lowest BCUT2D eigenvalue weighted by Crippen LogP contribution is -2.20. The number of anilines is 1. The molecule has 0 spiro atoms. The summed E-state index contributed by atoms with van der Waals surface area (Å²) < 4.78 is 0. The molecule has 2 aromatic carbocycles. The molecular formula is C17H17ClN4. The number of halogens is 1. The van der Waals surface area contributed by atoms with Crippen LogP contribution in [0.5, 0.6) is 0 Å². The fourth-order valence-corrected chi connectivity index (χ4v) is 2.80. The van der Waals surface area contributed by atoms with Crippen LogP contribution in [-0.4, -0.2) is 21.5 Å². The van der Waals surface area contributed by atoms with Crippen LogP contribution < -0.4 is 5.32 Å². The van der Waals surface area contributed by atoms with Crippen molar-refractivity contribution in [3.8, 4) is 5.69 Å². The third kappa shape index (κ3) is 2.66. The zero-order chi connectivity index (χ0) is 14.9. The molecule has 4 nitrogen and oxygen atoms in total. The second kappa shape index (κ2) is 5.61. The van der Waals surface area contributed by atoms with E-state index in [9.17, 15) is 0 Å². The number of benzene rings is 2. The molecule has 1 saturated carbocycles. The van der Waals surface area contributed by atoms with Gasteiger partial charge in [0, 0.05) is 17.3 Å². The summed E-state index contributed by atoms with van der Waals surface area (Å²) in [5, 5.41) is 13.3. The van der Waals surface area contributed by atoms with Gasteiger partial charge in [-0.2, -0.15) is 4.80 Å². The quantitative estimate of drug-likeness (QED) is 0.781. The van der Waals surface area contributed by atoms with Crippen LogP contribution in [0.4, 0.5) is 5.69 Å². The van der Waals surface area contributed by atoms with Crippen LogP contribution in [0, 0.1) is 5.92 Å². The van der Waals surface area contributed by atoms with E-state index in [-0.39, 0.29) is 0 Å². The summed E-state index contributed by atoms with van der Waals surface area (Å²) >= 11 is 5.92. The van der Waals surface area contributed by atoms with E-state index in [0.717, 1.165) is 34.9 Å². The zero-order valence-electron chi connectivity index (χ0n) is 12.2. The molecule has 0 radical (unpaired) electrons. The molecule has 1 aliphatic carbocycles. The van der Waals surface area contributed by atoms with Crippen LogP contribution in [0.3, 0.4) is 0 Å². The molecule has 1 aromatic heterocycles. The van der Waals surface area contributed by atoms with Gasteiger partial charge in [-0.1, -0.05) is 18.0 Å². The summed E-state index contributed by atoms with van der Waals surface area (Å²) in [5.74, 6) is 0.834. The Morgan fingerprint density at radius 1 is 1.05 bits per heavy atom. The molecular weight excluding hydrogens is 296 g/mol. The molecule has 3 aromatic rings. The van der Waals surface area contributed by atoms with E-state index in [1.165, 1.54) is 19.3 Å². The van der Waals surface area contributed by atoms with Crippen molar-refractivity contribution in [1.29, 1.82) is 0 Å². The van der Waals surface area contributed by atoms with Gasteiger partial charge < -0.3 is 5.32 Å². The summed E-state index contributed by atoms with van der Waals surface area (Å²) in [5.41, 5.74) is 3.81. The average molecular weight is 313 g/mol. The second-order valence-electron chi connectivity index (χ2n) is 5.85. The van der Waals surface area contributed by atoms with E-state index >= 15 is 0 Å². The van der Waals surface area contributed by atoms with Gasteiger partial charge in [0.2, 0.25) is 0 Å². The lowest BCUT2D eigenvalue weighted by molar-refractivity contribution is 0.333. The highest BCUT2D eigenvalue weighted by Crippen LogP contribution is 2.27. The van der Waals surface area contributed by atoms with Crippen molar-refractivity contribution in [3.05, 3.63) is 47.5 Å². The molecule has 0 amide bonds. The lowest BCUT2D eigenvalue weighted by atomic mass is 9.85. The number of nitrogens with zero attached hydrogens (tertiary/aromatic N) is 3. The normalized spacial score (nSPS) is 15.0. The Bertz CT molecular complexity index is 790. The summed E-state index contributed by atoms with van der Waals surface area (Å²) in [7, 11) is 0. The summed E-state index contributed by atoms with van der Waals surface area (Å²) in [6.07, 6.45) is 4.07. The molecule has 1 fully saturated rings. The van der Waals surface area contributed by atoms with Crippen molar-refractivity contribution >= 4 is 28.3 Å². The van der Waals surface area contributed by atoms with Gasteiger partial charge in [0.15, 0.2) is 0 Å². The Labute approximate surface area is 134 Å². The van der Waals surface area contributed by atoms with Crippen molar-refractivity contribution in [3.63, 3.8) is 0 Å². The first-order valence-corrected chi connectivity index (χ1v) is 8.03. The Balaban J connectivity index is 1.58. The fraction of sp³-hybridized carbons (Fsp3) is 0.294. The second-order valence-corrected chi connectivity index (χ2v) is 6.28. The molecule has 112 valence electrons. The van der Waals surface area contributed by atoms with E-state index in [1.54, 1.807) is 4.80 Å². The number of hydrogen-bond acceptors (Lipinski definition) is 3. The lowest BCUT2D eigenvalue weighted by Gasteiger charge is -2.25. The van der Waals surface area contributed by atoms with Crippen molar-refractivity contribution in [2.24, 2.45) is 5.92 Å². The van der Waals surface area contributed by atoms with E-state index in [4.69, 9.17) is 11.6 Å². The van der Waals surface area contributed by atoms with Crippen LogP contribution in [0.15, 0.2) is 42.5 Å². The molecule has 5 heteroatoms. The Morgan fingerprint density at radius 3 is 2.55 bits per heavy atom. The number of nitrogens with one attached hydrogen (secondary N) is 1. The summed E-state index contributed by atoms with van der Waals surface area (Å²) in [6.45, 7) is 1.05. The molecule has 0 bridgehead atoms. The highest BCUT2D eigenvalue weighted by Gasteiger charge is 2.16. The van der Waals surface area contributed by atoms with E-state index in [2.05, 4.69) is 27.6 Å². The zero-order valence-corrected chi connectivity index (χ0v) is 12.9. The van der Waals surface area contributed by atoms with Crippen molar-refractivity contribution in [2.45, 2.75) is 19.3 Å². The van der Waals surface area contributed by atoms with Gasteiger partial charge >= 0.3 is 0 Å². The first kappa shape index (κ1) is 13.6. The Hall–Kier alpha value is -2.07. The van der Waals surface area contributed by atoms with Crippen molar-refractivity contribution < 1.29 is 0 Å². The first-order chi connectivity index (χ1) is 10.8. The van der Waals surface area contributed by atoms with Gasteiger partial charge in [0.25, 0.3) is 0 Å². The maximum Gasteiger partial charge on any atom is 0.115 e. The van der Waals surface area contributed by atoms with Crippen molar-refractivity contribution in [1.82, 2.24) is 15.0 Å². The minimum atomic E-state index is 0.711. The predicted molar refractivity (Wildman–Crippen MR) is 89.7 cm³/mol. The predicted octanol–water partition coefficient (Wildman–Crippen LogP) is 4.29. The average Bonchev–Trinajstić information content (AvgIpc) is 2.89. The van der Waals surface area contributed by atoms with Crippen LogP contribution in [-0.2, 0) is 0 Å². The molecule has 0 aliphatic heterocycles. The molecule has 1 heterocycles. The third-order valence-corrected chi connectivity index (χ3v) is 4.51. The number of hydrogen-bond donors (Lipinski definition) is 1. The minimum absolute atomic E-state index is 0.711. The maximum atomic E-state index is 5.92. The van der Waals surface area contributed by atoms with Gasteiger partial charge in [-0.05, 0) is 61.2 Å². The van der Waals surface area contributed by atoms with E-state index in [1.807, 2.05) is 30.3 Å². The largest absolute Gasteiger partial charge is 0.385 e. The smallest absolute Gasteiger partial charge is 0.115 e.